The van der Waals surface area contributed by atoms with Gasteiger partial charge in [0.25, 0.3) is 0 Å². The molecule has 0 amide bonds. The van der Waals surface area contributed by atoms with E-state index in [9.17, 15) is 0 Å². The third-order valence-electron chi connectivity index (χ3n) is 3.98. The molecular weight excluding hydrogens is 348 g/mol. The highest BCUT2D eigenvalue weighted by Gasteiger charge is 2.19. The standard InChI is InChI=1S/C20H19ClN4O/c1-3-12-7-13(9-14(21)8-12)10-15(22)11-17-16-5-4-6-18(26-2)19(16)25-20(23)24-17/h1,4-9,11,15H,10,22H2,2H3,(H3,23,24,25)/b17-11-. The Morgan fingerprint density at radius 1 is 1.38 bits per heavy atom. The second kappa shape index (κ2) is 7.52. The second-order valence-corrected chi connectivity index (χ2v) is 6.36. The summed E-state index contributed by atoms with van der Waals surface area (Å²) < 4.78 is 5.37. The van der Waals surface area contributed by atoms with Crippen LogP contribution in [0.2, 0.25) is 5.02 Å². The van der Waals surface area contributed by atoms with Gasteiger partial charge in [0.2, 0.25) is 0 Å². The van der Waals surface area contributed by atoms with Crippen LogP contribution in [-0.2, 0) is 6.42 Å². The van der Waals surface area contributed by atoms with Crippen molar-refractivity contribution in [3.63, 3.8) is 0 Å². The van der Waals surface area contributed by atoms with E-state index in [1.165, 1.54) is 0 Å². The minimum Gasteiger partial charge on any atom is -0.494 e. The van der Waals surface area contributed by atoms with Crippen LogP contribution >= 0.6 is 11.6 Å². The maximum atomic E-state index is 6.33. The Morgan fingerprint density at radius 2 is 2.19 bits per heavy atom. The summed E-state index contributed by atoms with van der Waals surface area (Å²) in [4.78, 5) is 4.33. The zero-order chi connectivity index (χ0) is 18.7. The van der Waals surface area contributed by atoms with E-state index in [0.29, 0.717) is 22.9 Å². The molecule has 0 bridgehead atoms. The lowest BCUT2D eigenvalue weighted by atomic mass is 10.0. The van der Waals surface area contributed by atoms with Crippen LogP contribution < -0.4 is 21.5 Å². The van der Waals surface area contributed by atoms with Crippen molar-refractivity contribution in [2.24, 2.45) is 16.5 Å². The highest BCUT2D eigenvalue weighted by Crippen LogP contribution is 2.36. The Balaban J connectivity index is 1.90. The number of para-hydroxylation sites is 1. The Bertz CT molecular complexity index is 943. The molecule has 0 spiro atoms. The molecule has 1 heterocycles. The van der Waals surface area contributed by atoms with Crippen LogP contribution in [0.1, 0.15) is 16.7 Å². The van der Waals surface area contributed by atoms with E-state index < -0.39 is 0 Å². The number of hydrogen-bond acceptors (Lipinski definition) is 5. The van der Waals surface area contributed by atoms with Gasteiger partial charge in [-0.1, -0.05) is 29.7 Å². The van der Waals surface area contributed by atoms with E-state index in [-0.39, 0.29) is 12.0 Å². The third kappa shape index (κ3) is 3.83. The zero-order valence-corrected chi connectivity index (χ0v) is 15.0. The minimum absolute atomic E-state index is 0.272. The first-order valence-electron chi connectivity index (χ1n) is 8.02. The van der Waals surface area contributed by atoms with Crippen molar-refractivity contribution in [3.8, 4) is 18.1 Å². The molecule has 0 aliphatic carbocycles. The number of ether oxygens (including phenoxy) is 1. The molecule has 1 unspecified atom stereocenters. The molecule has 0 saturated carbocycles. The van der Waals surface area contributed by atoms with Gasteiger partial charge in [-0.15, -0.1) is 6.42 Å². The van der Waals surface area contributed by atoms with Crippen molar-refractivity contribution in [1.82, 2.24) is 5.32 Å². The Labute approximate surface area is 157 Å². The molecule has 26 heavy (non-hydrogen) atoms. The highest BCUT2D eigenvalue weighted by atomic mass is 35.5. The van der Waals surface area contributed by atoms with Crippen LogP contribution in [0, 0.1) is 12.3 Å². The first-order chi connectivity index (χ1) is 12.5. The lowest BCUT2D eigenvalue weighted by Crippen LogP contribution is -2.34. The smallest absolute Gasteiger partial charge is 0.198 e. The monoisotopic (exact) mass is 366 g/mol. The average Bonchev–Trinajstić information content (AvgIpc) is 2.60. The van der Waals surface area contributed by atoms with E-state index in [4.69, 9.17) is 34.2 Å². The number of nitrogens with zero attached hydrogens (tertiary/aromatic N) is 1. The van der Waals surface area contributed by atoms with Crippen LogP contribution in [0.25, 0.3) is 5.70 Å². The maximum Gasteiger partial charge on any atom is 0.198 e. The number of rotatable bonds is 4. The van der Waals surface area contributed by atoms with Crippen LogP contribution in [0.15, 0.2) is 47.5 Å². The molecule has 0 aromatic heterocycles. The van der Waals surface area contributed by atoms with Crippen molar-refractivity contribution in [3.05, 3.63) is 64.2 Å². The molecule has 0 radical (unpaired) electrons. The number of fused-ring (bicyclic) bond motifs is 1. The predicted octanol–water partition coefficient (Wildman–Crippen LogP) is 2.79. The van der Waals surface area contributed by atoms with Crippen molar-refractivity contribution >= 4 is 28.9 Å². The van der Waals surface area contributed by atoms with Gasteiger partial charge in [0.05, 0.1) is 7.11 Å². The highest BCUT2D eigenvalue weighted by molar-refractivity contribution is 6.30. The summed E-state index contributed by atoms with van der Waals surface area (Å²) in [5, 5.41) is 3.66. The number of guanidine groups is 1. The van der Waals surface area contributed by atoms with Gasteiger partial charge in [-0.05, 0) is 42.3 Å². The minimum atomic E-state index is -0.272. The van der Waals surface area contributed by atoms with Crippen LogP contribution in [-0.4, -0.2) is 19.1 Å². The molecule has 1 atom stereocenters. The van der Waals surface area contributed by atoms with Crippen LogP contribution in [0.5, 0.6) is 5.75 Å². The fourth-order valence-electron chi connectivity index (χ4n) is 2.90. The van der Waals surface area contributed by atoms with E-state index >= 15 is 0 Å². The van der Waals surface area contributed by atoms with Crippen molar-refractivity contribution in [1.29, 1.82) is 0 Å². The Morgan fingerprint density at radius 3 is 2.92 bits per heavy atom. The SMILES string of the molecule is C#Cc1cc(Cl)cc(CC(N)/C=C2\NC(N)=Nc3c(OC)cccc32)c1. The van der Waals surface area contributed by atoms with Crippen LogP contribution in [0.4, 0.5) is 5.69 Å². The number of halogens is 1. The van der Waals surface area contributed by atoms with Crippen molar-refractivity contribution in [2.75, 3.05) is 7.11 Å². The Hall–Kier alpha value is -2.94. The van der Waals surface area contributed by atoms with E-state index in [1.807, 2.05) is 36.4 Å². The quantitative estimate of drug-likeness (QED) is 0.726. The van der Waals surface area contributed by atoms with E-state index in [2.05, 4.69) is 16.2 Å². The summed E-state index contributed by atoms with van der Waals surface area (Å²) in [7, 11) is 1.60. The van der Waals surface area contributed by atoms with Gasteiger partial charge < -0.3 is 21.5 Å². The molecule has 3 rings (SSSR count). The second-order valence-electron chi connectivity index (χ2n) is 5.92. The molecule has 0 fully saturated rings. The molecule has 0 saturated heterocycles. The molecule has 2 aromatic rings. The lowest BCUT2D eigenvalue weighted by Gasteiger charge is -2.21. The number of aliphatic imine (C=N–C) groups is 1. The fourth-order valence-corrected chi connectivity index (χ4v) is 3.16. The average molecular weight is 367 g/mol. The zero-order valence-electron chi connectivity index (χ0n) is 14.3. The summed E-state index contributed by atoms with van der Waals surface area (Å²) in [5.74, 6) is 3.54. The number of nitrogens with two attached hydrogens (primary N) is 2. The number of benzene rings is 2. The number of hydrogen-bond donors (Lipinski definition) is 3. The van der Waals surface area contributed by atoms with Gasteiger partial charge in [0.1, 0.15) is 11.4 Å². The molecular formula is C20H19ClN4O. The molecule has 5 N–H and O–H groups in total. The summed E-state index contributed by atoms with van der Waals surface area (Å²) >= 11 is 6.11. The fraction of sp³-hybridized carbons (Fsp3) is 0.150. The summed E-state index contributed by atoms with van der Waals surface area (Å²) in [6.07, 6.45) is 7.96. The topological polar surface area (TPSA) is 85.7 Å². The lowest BCUT2D eigenvalue weighted by molar-refractivity contribution is 0.416. The number of terminal acetylenes is 1. The summed E-state index contributed by atoms with van der Waals surface area (Å²) in [6.45, 7) is 0. The molecule has 1 aliphatic heterocycles. The molecule has 2 aromatic carbocycles. The Kier molecular flexibility index (Phi) is 5.17. The first-order valence-corrected chi connectivity index (χ1v) is 8.40. The summed E-state index contributed by atoms with van der Waals surface area (Å²) in [5.41, 5.74) is 16.3. The van der Waals surface area contributed by atoms with Gasteiger partial charge in [0, 0.05) is 27.9 Å². The first kappa shape index (κ1) is 17.9. The third-order valence-corrected chi connectivity index (χ3v) is 4.20. The van der Waals surface area contributed by atoms with E-state index in [1.54, 1.807) is 13.2 Å². The largest absolute Gasteiger partial charge is 0.494 e. The number of methoxy groups -OCH3 is 1. The van der Waals surface area contributed by atoms with E-state index in [0.717, 1.165) is 22.4 Å². The molecule has 6 heteroatoms. The predicted molar refractivity (Wildman–Crippen MR) is 106 cm³/mol. The van der Waals surface area contributed by atoms with Crippen molar-refractivity contribution in [2.45, 2.75) is 12.5 Å². The molecule has 1 aliphatic rings. The normalized spacial score (nSPS) is 15.5. The molecule has 5 nitrogen and oxygen atoms in total. The van der Waals surface area contributed by atoms with Gasteiger partial charge in [-0.25, -0.2) is 4.99 Å². The van der Waals surface area contributed by atoms with Gasteiger partial charge in [-0.2, -0.15) is 0 Å². The van der Waals surface area contributed by atoms with Gasteiger partial charge >= 0.3 is 0 Å². The van der Waals surface area contributed by atoms with Crippen LogP contribution in [0.3, 0.4) is 0 Å². The van der Waals surface area contributed by atoms with Gasteiger partial charge in [-0.3, -0.25) is 0 Å². The summed E-state index contributed by atoms with van der Waals surface area (Å²) in [6, 6.07) is 10.9. The maximum absolute atomic E-state index is 6.33. The van der Waals surface area contributed by atoms with Gasteiger partial charge in [0.15, 0.2) is 5.96 Å². The molecule has 132 valence electrons. The number of nitrogens with one attached hydrogen (secondary N) is 1. The van der Waals surface area contributed by atoms with Crippen molar-refractivity contribution < 1.29 is 4.74 Å².